The molecule has 8 heteroatoms. The van der Waals surface area contributed by atoms with Crippen LogP contribution in [0.4, 0.5) is 14.5 Å². The zero-order chi connectivity index (χ0) is 19.4. The monoisotopic (exact) mass is 372 g/mol. The molecule has 3 aromatic rings. The summed E-state index contributed by atoms with van der Waals surface area (Å²) in [5.74, 6) is -2.24. The average Bonchev–Trinajstić information content (AvgIpc) is 3.09. The number of aromatic nitrogens is 1. The van der Waals surface area contributed by atoms with Crippen LogP contribution in [0, 0.1) is 11.6 Å². The Morgan fingerprint density at radius 3 is 2.52 bits per heavy atom. The lowest BCUT2D eigenvalue weighted by Gasteiger charge is -2.05. The summed E-state index contributed by atoms with van der Waals surface area (Å²) in [6, 6.07) is 10.7. The van der Waals surface area contributed by atoms with E-state index in [1.807, 2.05) is 0 Å². The van der Waals surface area contributed by atoms with Gasteiger partial charge < -0.3 is 14.6 Å². The normalized spacial score (nSPS) is 10.5. The van der Waals surface area contributed by atoms with Crippen LogP contribution in [0.3, 0.4) is 0 Å². The van der Waals surface area contributed by atoms with Crippen molar-refractivity contribution < 1.29 is 27.6 Å². The third-order valence-electron chi connectivity index (χ3n) is 3.69. The number of methoxy groups -OCH3 is 1. The molecule has 0 fully saturated rings. The highest BCUT2D eigenvalue weighted by molar-refractivity contribution is 5.93. The minimum absolute atomic E-state index is 0.0500. The first-order chi connectivity index (χ1) is 13.0. The van der Waals surface area contributed by atoms with Crippen LogP contribution in [-0.2, 0) is 16.0 Å². The summed E-state index contributed by atoms with van der Waals surface area (Å²) in [7, 11) is 1.28. The van der Waals surface area contributed by atoms with Gasteiger partial charge in [-0.3, -0.25) is 4.79 Å². The number of carbonyl (C=O) groups is 2. The van der Waals surface area contributed by atoms with E-state index in [-0.39, 0.29) is 29.3 Å². The summed E-state index contributed by atoms with van der Waals surface area (Å²) < 4.78 is 36.4. The maximum atomic E-state index is 13.8. The molecule has 6 nitrogen and oxygen atoms in total. The fourth-order valence-electron chi connectivity index (χ4n) is 2.39. The van der Waals surface area contributed by atoms with Gasteiger partial charge in [0.2, 0.25) is 5.91 Å². The van der Waals surface area contributed by atoms with Gasteiger partial charge in [-0.05, 0) is 36.4 Å². The molecule has 0 spiro atoms. The molecule has 0 aliphatic rings. The van der Waals surface area contributed by atoms with Crippen molar-refractivity contribution in [1.82, 2.24) is 5.16 Å². The van der Waals surface area contributed by atoms with Crippen molar-refractivity contribution in [3.05, 3.63) is 71.4 Å². The molecule has 2 aromatic carbocycles. The first-order valence-corrected chi connectivity index (χ1v) is 7.85. The maximum absolute atomic E-state index is 13.8. The molecule has 138 valence electrons. The minimum Gasteiger partial charge on any atom is -0.465 e. The van der Waals surface area contributed by atoms with Crippen molar-refractivity contribution in [2.24, 2.45) is 0 Å². The molecule has 27 heavy (non-hydrogen) atoms. The second-order valence-electron chi connectivity index (χ2n) is 5.60. The van der Waals surface area contributed by atoms with Crippen LogP contribution >= 0.6 is 0 Å². The number of rotatable bonds is 5. The summed E-state index contributed by atoms with van der Waals surface area (Å²) in [6.45, 7) is 0. The lowest BCUT2D eigenvalue weighted by molar-refractivity contribution is -0.115. The molecule has 0 aliphatic carbocycles. The summed E-state index contributed by atoms with van der Waals surface area (Å²) >= 11 is 0. The van der Waals surface area contributed by atoms with E-state index in [0.29, 0.717) is 11.3 Å². The van der Waals surface area contributed by atoms with Crippen LogP contribution in [0.5, 0.6) is 0 Å². The lowest BCUT2D eigenvalue weighted by atomic mass is 10.1. The highest BCUT2D eigenvalue weighted by Crippen LogP contribution is 2.24. The van der Waals surface area contributed by atoms with Crippen molar-refractivity contribution in [1.29, 1.82) is 0 Å². The summed E-state index contributed by atoms with van der Waals surface area (Å²) in [6.07, 6.45) is -0.106. The van der Waals surface area contributed by atoms with E-state index in [1.54, 1.807) is 12.1 Å². The first kappa shape index (κ1) is 18.2. The molecule has 1 heterocycles. The van der Waals surface area contributed by atoms with Crippen molar-refractivity contribution in [2.75, 3.05) is 12.4 Å². The van der Waals surface area contributed by atoms with Crippen molar-refractivity contribution in [3.63, 3.8) is 0 Å². The van der Waals surface area contributed by atoms with Gasteiger partial charge in [0.1, 0.15) is 11.6 Å². The topological polar surface area (TPSA) is 81.4 Å². The van der Waals surface area contributed by atoms with Gasteiger partial charge in [0.05, 0.1) is 30.4 Å². The Hall–Kier alpha value is -3.55. The Labute approximate surface area is 152 Å². The zero-order valence-corrected chi connectivity index (χ0v) is 14.2. The number of hydrogen-bond acceptors (Lipinski definition) is 5. The van der Waals surface area contributed by atoms with Crippen LogP contribution in [0.2, 0.25) is 0 Å². The van der Waals surface area contributed by atoms with E-state index >= 15 is 0 Å². The maximum Gasteiger partial charge on any atom is 0.337 e. The van der Waals surface area contributed by atoms with Gasteiger partial charge in [-0.1, -0.05) is 5.16 Å². The lowest BCUT2D eigenvalue weighted by Crippen LogP contribution is -2.14. The minimum atomic E-state index is -0.784. The Balaban J connectivity index is 1.65. The molecule has 0 bridgehead atoms. The highest BCUT2D eigenvalue weighted by Gasteiger charge is 2.14. The molecule has 3 rings (SSSR count). The number of ether oxygens (including phenoxy) is 1. The molecule has 1 N–H and O–H groups in total. The Morgan fingerprint density at radius 1 is 1.11 bits per heavy atom. The van der Waals surface area contributed by atoms with Crippen molar-refractivity contribution in [3.8, 4) is 11.3 Å². The second kappa shape index (κ2) is 7.77. The molecule has 0 saturated carbocycles. The number of amides is 1. The highest BCUT2D eigenvalue weighted by atomic mass is 19.1. The van der Waals surface area contributed by atoms with Crippen LogP contribution in [0.15, 0.2) is 53.1 Å². The number of anilines is 1. The van der Waals surface area contributed by atoms with Gasteiger partial charge in [-0.2, -0.15) is 0 Å². The second-order valence-corrected chi connectivity index (χ2v) is 5.60. The largest absolute Gasteiger partial charge is 0.465 e. The molecule has 0 saturated heterocycles. The predicted molar refractivity (Wildman–Crippen MR) is 92.0 cm³/mol. The van der Waals surface area contributed by atoms with E-state index in [2.05, 4.69) is 15.2 Å². The Bertz CT molecular complexity index is 984. The average molecular weight is 372 g/mol. The third-order valence-corrected chi connectivity index (χ3v) is 3.69. The quantitative estimate of drug-likeness (QED) is 0.692. The summed E-state index contributed by atoms with van der Waals surface area (Å²) in [4.78, 5) is 23.5. The van der Waals surface area contributed by atoms with Crippen LogP contribution < -0.4 is 5.32 Å². The van der Waals surface area contributed by atoms with Crippen molar-refractivity contribution >= 4 is 17.6 Å². The molecule has 1 aromatic heterocycles. The van der Waals surface area contributed by atoms with Crippen LogP contribution in [0.25, 0.3) is 11.3 Å². The van der Waals surface area contributed by atoms with E-state index in [4.69, 9.17) is 4.52 Å². The Kier molecular flexibility index (Phi) is 5.25. The Morgan fingerprint density at radius 2 is 1.85 bits per heavy atom. The molecule has 1 amide bonds. The number of benzene rings is 2. The van der Waals surface area contributed by atoms with Crippen LogP contribution in [0.1, 0.15) is 16.1 Å². The number of nitrogens with zero attached hydrogens (tertiary/aromatic N) is 1. The number of halogens is 2. The van der Waals surface area contributed by atoms with Gasteiger partial charge in [0.15, 0.2) is 5.76 Å². The molecular weight excluding hydrogens is 358 g/mol. The van der Waals surface area contributed by atoms with Gasteiger partial charge >= 0.3 is 5.97 Å². The molecule has 0 radical (unpaired) electrons. The first-order valence-electron chi connectivity index (χ1n) is 7.85. The number of hydrogen-bond donors (Lipinski definition) is 1. The number of nitrogens with one attached hydrogen (secondary N) is 1. The van der Waals surface area contributed by atoms with E-state index in [9.17, 15) is 18.4 Å². The molecular formula is C19H14F2N2O4. The predicted octanol–water partition coefficient (Wildman–Crippen LogP) is 3.59. The fourth-order valence-corrected chi connectivity index (χ4v) is 2.39. The fraction of sp³-hybridized carbons (Fsp3) is 0.105. The van der Waals surface area contributed by atoms with Crippen molar-refractivity contribution in [2.45, 2.75) is 6.42 Å². The SMILES string of the molecule is COC(=O)c1ccc(NC(=O)Cc2cc(-c3ccc(F)cc3F)on2)cc1. The van der Waals surface area contributed by atoms with Crippen LogP contribution in [-0.4, -0.2) is 24.1 Å². The van der Waals surface area contributed by atoms with Gasteiger partial charge in [-0.15, -0.1) is 0 Å². The van der Waals surface area contributed by atoms with Gasteiger partial charge in [0.25, 0.3) is 0 Å². The smallest absolute Gasteiger partial charge is 0.337 e. The standard InChI is InChI=1S/C19H14F2N2O4/c1-26-19(25)11-2-5-13(6-3-11)22-18(24)10-14-9-17(27-23-14)15-7-4-12(20)8-16(15)21/h2-9H,10H2,1H3,(H,22,24). The summed E-state index contributed by atoms with van der Waals surface area (Å²) in [5, 5.41) is 6.37. The van der Waals surface area contributed by atoms with E-state index in [0.717, 1.165) is 12.1 Å². The van der Waals surface area contributed by atoms with Gasteiger partial charge in [0, 0.05) is 17.8 Å². The molecule has 0 atom stereocenters. The zero-order valence-electron chi connectivity index (χ0n) is 14.2. The molecule has 0 unspecified atom stereocenters. The summed E-state index contributed by atoms with van der Waals surface area (Å²) in [5.41, 5.74) is 1.19. The number of carbonyl (C=O) groups excluding carboxylic acids is 2. The van der Waals surface area contributed by atoms with E-state index in [1.165, 1.54) is 31.4 Å². The molecule has 0 aliphatic heterocycles. The van der Waals surface area contributed by atoms with Gasteiger partial charge in [-0.25, -0.2) is 13.6 Å². The number of esters is 1. The van der Waals surface area contributed by atoms with E-state index < -0.39 is 17.6 Å². The third kappa shape index (κ3) is 4.35.